The number of hydrogen-bond donors (Lipinski definition) is 1. The van der Waals surface area contributed by atoms with Gasteiger partial charge in [0.05, 0.1) is 6.26 Å². The largest absolute Gasteiger partial charge is 0.469 e. The van der Waals surface area contributed by atoms with Gasteiger partial charge in [0.1, 0.15) is 11.6 Å². The van der Waals surface area contributed by atoms with Crippen LogP contribution in [0.15, 0.2) is 22.1 Å². The topological polar surface area (TPSA) is 38.1 Å². The molecule has 0 saturated carbocycles. The first-order valence-corrected chi connectivity index (χ1v) is 5.39. The average molecular weight is 229 g/mol. The van der Waals surface area contributed by atoms with Crippen LogP contribution in [0.4, 0.5) is 5.82 Å². The van der Waals surface area contributed by atoms with Crippen LogP contribution in [-0.2, 0) is 6.54 Å². The van der Waals surface area contributed by atoms with Gasteiger partial charge in [-0.1, -0.05) is 11.6 Å². The summed E-state index contributed by atoms with van der Waals surface area (Å²) in [4.78, 5) is 4.08. The molecule has 1 N–H and O–H groups in total. The zero-order chi connectivity index (χ0) is 9.97. The standard InChI is InChI=1S/C9H9ClN2OS/c1-6-7(2-3-13-6)4-11-8-5-14-9(10)12-8/h2-3,5,11H,4H2,1H3. The average Bonchev–Trinajstić information content (AvgIpc) is 2.72. The molecule has 2 aromatic rings. The fraction of sp³-hybridized carbons (Fsp3) is 0.222. The molecule has 0 aliphatic carbocycles. The van der Waals surface area contributed by atoms with Crippen LogP contribution >= 0.6 is 22.9 Å². The van der Waals surface area contributed by atoms with Crippen molar-refractivity contribution in [2.24, 2.45) is 0 Å². The van der Waals surface area contributed by atoms with Crippen LogP contribution in [0.3, 0.4) is 0 Å². The number of nitrogens with zero attached hydrogens (tertiary/aromatic N) is 1. The third-order valence-corrected chi connectivity index (χ3v) is 2.88. The summed E-state index contributed by atoms with van der Waals surface area (Å²) in [6.45, 7) is 2.65. The van der Waals surface area contributed by atoms with Crippen LogP contribution in [0.1, 0.15) is 11.3 Å². The molecule has 0 amide bonds. The Morgan fingerprint density at radius 2 is 2.50 bits per heavy atom. The van der Waals surface area contributed by atoms with Gasteiger partial charge in [0.25, 0.3) is 0 Å². The van der Waals surface area contributed by atoms with Gasteiger partial charge in [0.2, 0.25) is 0 Å². The molecule has 0 spiro atoms. The Morgan fingerprint density at radius 3 is 3.07 bits per heavy atom. The van der Waals surface area contributed by atoms with Crippen LogP contribution in [0.5, 0.6) is 0 Å². The van der Waals surface area contributed by atoms with Gasteiger partial charge in [-0.25, -0.2) is 4.98 Å². The first-order chi connectivity index (χ1) is 6.75. The zero-order valence-corrected chi connectivity index (χ0v) is 9.15. The number of hydrogen-bond acceptors (Lipinski definition) is 4. The number of rotatable bonds is 3. The molecule has 74 valence electrons. The van der Waals surface area contributed by atoms with E-state index in [1.54, 1.807) is 6.26 Å². The minimum absolute atomic E-state index is 0.552. The molecular weight excluding hydrogens is 220 g/mol. The lowest BCUT2D eigenvalue weighted by atomic mass is 10.2. The van der Waals surface area contributed by atoms with Crippen LogP contribution < -0.4 is 5.32 Å². The highest BCUT2D eigenvalue weighted by Gasteiger charge is 2.02. The van der Waals surface area contributed by atoms with Crippen LogP contribution in [0.2, 0.25) is 4.47 Å². The van der Waals surface area contributed by atoms with E-state index in [1.807, 2.05) is 18.4 Å². The molecule has 3 nitrogen and oxygen atoms in total. The van der Waals surface area contributed by atoms with E-state index in [2.05, 4.69) is 10.3 Å². The molecule has 0 aliphatic heterocycles. The van der Waals surface area contributed by atoms with Crippen LogP contribution in [-0.4, -0.2) is 4.98 Å². The van der Waals surface area contributed by atoms with Gasteiger partial charge < -0.3 is 9.73 Å². The molecule has 0 unspecified atom stereocenters. The van der Waals surface area contributed by atoms with Crippen LogP contribution in [0, 0.1) is 6.92 Å². The SMILES string of the molecule is Cc1occc1CNc1csc(Cl)n1. The number of nitrogens with one attached hydrogen (secondary N) is 1. The lowest BCUT2D eigenvalue weighted by Gasteiger charge is -2.00. The number of thiazole rings is 1. The Kier molecular flexibility index (Phi) is 2.74. The van der Waals surface area contributed by atoms with Gasteiger partial charge in [0, 0.05) is 17.5 Å². The molecule has 0 radical (unpaired) electrons. The van der Waals surface area contributed by atoms with Gasteiger partial charge in [-0.15, -0.1) is 11.3 Å². The van der Waals surface area contributed by atoms with Crippen molar-refractivity contribution < 1.29 is 4.42 Å². The van der Waals surface area contributed by atoms with Gasteiger partial charge in [-0.05, 0) is 13.0 Å². The quantitative estimate of drug-likeness (QED) is 0.876. The predicted octanol–water partition coefficient (Wildman–Crippen LogP) is 3.31. The van der Waals surface area contributed by atoms with Crippen molar-refractivity contribution >= 4 is 28.8 Å². The molecule has 0 aromatic carbocycles. The maximum atomic E-state index is 5.70. The predicted molar refractivity (Wildman–Crippen MR) is 57.9 cm³/mol. The molecule has 2 aromatic heterocycles. The van der Waals surface area contributed by atoms with Gasteiger partial charge >= 0.3 is 0 Å². The summed E-state index contributed by atoms with van der Waals surface area (Å²) >= 11 is 7.12. The molecule has 0 saturated heterocycles. The van der Waals surface area contributed by atoms with E-state index in [0.717, 1.165) is 17.1 Å². The van der Waals surface area contributed by atoms with E-state index < -0.39 is 0 Å². The highest BCUT2D eigenvalue weighted by Crippen LogP contribution is 2.19. The Morgan fingerprint density at radius 1 is 1.64 bits per heavy atom. The van der Waals surface area contributed by atoms with Crippen molar-refractivity contribution in [3.63, 3.8) is 0 Å². The smallest absolute Gasteiger partial charge is 0.185 e. The van der Waals surface area contributed by atoms with E-state index in [0.29, 0.717) is 11.0 Å². The van der Waals surface area contributed by atoms with Gasteiger partial charge in [-0.3, -0.25) is 0 Å². The summed E-state index contributed by atoms with van der Waals surface area (Å²) < 4.78 is 5.73. The lowest BCUT2D eigenvalue weighted by molar-refractivity contribution is 0.530. The number of halogens is 1. The molecule has 0 bridgehead atoms. The summed E-state index contributed by atoms with van der Waals surface area (Å²) in [6, 6.07) is 1.94. The second kappa shape index (κ2) is 4.02. The monoisotopic (exact) mass is 228 g/mol. The van der Waals surface area contributed by atoms with Crippen molar-refractivity contribution in [2.45, 2.75) is 13.5 Å². The van der Waals surface area contributed by atoms with Crippen molar-refractivity contribution in [2.75, 3.05) is 5.32 Å². The molecular formula is C9H9ClN2OS. The van der Waals surface area contributed by atoms with Crippen LogP contribution in [0.25, 0.3) is 0 Å². The number of furan rings is 1. The second-order valence-corrected chi connectivity index (χ2v) is 4.28. The van der Waals surface area contributed by atoms with E-state index in [4.69, 9.17) is 16.0 Å². The third kappa shape index (κ3) is 2.08. The van der Waals surface area contributed by atoms with E-state index in [9.17, 15) is 0 Å². The fourth-order valence-corrected chi connectivity index (χ4v) is 1.83. The molecule has 2 rings (SSSR count). The van der Waals surface area contributed by atoms with Crippen molar-refractivity contribution in [1.29, 1.82) is 0 Å². The summed E-state index contributed by atoms with van der Waals surface area (Å²) in [5.41, 5.74) is 1.13. The summed E-state index contributed by atoms with van der Waals surface area (Å²) in [5.74, 6) is 1.74. The van der Waals surface area contributed by atoms with E-state index in [-0.39, 0.29) is 0 Å². The maximum Gasteiger partial charge on any atom is 0.185 e. The van der Waals surface area contributed by atoms with E-state index in [1.165, 1.54) is 11.3 Å². The fourth-order valence-electron chi connectivity index (χ4n) is 1.11. The molecule has 14 heavy (non-hydrogen) atoms. The summed E-state index contributed by atoms with van der Waals surface area (Å²) in [6.07, 6.45) is 1.68. The second-order valence-electron chi connectivity index (χ2n) is 2.84. The first-order valence-electron chi connectivity index (χ1n) is 4.13. The summed E-state index contributed by atoms with van der Waals surface area (Å²) in [7, 11) is 0. The van der Waals surface area contributed by atoms with Gasteiger partial charge in [0.15, 0.2) is 4.47 Å². The molecule has 0 aliphatic rings. The number of aromatic nitrogens is 1. The number of aryl methyl sites for hydroxylation is 1. The Hall–Kier alpha value is -1.00. The van der Waals surface area contributed by atoms with Crippen molar-refractivity contribution in [1.82, 2.24) is 4.98 Å². The Balaban J connectivity index is 1.98. The minimum atomic E-state index is 0.552. The van der Waals surface area contributed by atoms with Crippen molar-refractivity contribution in [3.8, 4) is 0 Å². The Bertz CT molecular complexity index is 424. The van der Waals surface area contributed by atoms with Crippen molar-refractivity contribution in [3.05, 3.63) is 33.5 Å². The summed E-state index contributed by atoms with van der Waals surface area (Å²) in [5, 5.41) is 5.05. The first kappa shape index (κ1) is 9.55. The van der Waals surface area contributed by atoms with Gasteiger partial charge in [-0.2, -0.15) is 0 Å². The van der Waals surface area contributed by atoms with E-state index >= 15 is 0 Å². The molecule has 2 heterocycles. The third-order valence-electron chi connectivity index (χ3n) is 1.90. The molecule has 0 atom stereocenters. The normalized spacial score (nSPS) is 10.4. The Labute approximate surface area is 90.7 Å². The molecule has 5 heteroatoms. The highest BCUT2D eigenvalue weighted by molar-refractivity contribution is 7.14. The zero-order valence-electron chi connectivity index (χ0n) is 7.58. The minimum Gasteiger partial charge on any atom is -0.469 e. The molecule has 0 fully saturated rings. The maximum absolute atomic E-state index is 5.70. The number of anilines is 1. The highest BCUT2D eigenvalue weighted by atomic mass is 35.5. The lowest BCUT2D eigenvalue weighted by Crippen LogP contribution is -1.99.